The van der Waals surface area contributed by atoms with Crippen molar-refractivity contribution in [2.75, 3.05) is 12.9 Å². The number of hydrogen-bond donors (Lipinski definition) is 1. The van der Waals surface area contributed by atoms with Gasteiger partial charge in [-0.1, -0.05) is 28.1 Å². The summed E-state index contributed by atoms with van der Waals surface area (Å²) in [6.07, 6.45) is 0.724. The lowest BCUT2D eigenvalue weighted by atomic mass is 10.0. The molecule has 1 N–H and O–H groups in total. The molecule has 1 amide bonds. The molecule has 0 aliphatic rings. The second kappa shape index (κ2) is 8.12. The molecule has 0 radical (unpaired) electrons. The maximum absolute atomic E-state index is 12.0. The number of halogens is 1. The van der Waals surface area contributed by atoms with Gasteiger partial charge in [-0.25, -0.2) is 4.79 Å². The molecule has 8 heteroatoms. The van der Waals surface area contributed by atoms with Crippen LogP contribution in [0.5, 0.6) is 0 Å². The number of nitrogens with one attached hydrogen (secondary N) is 1. The number of hydrogen-bond acceptors (Lipinski definition) is 5. The number of rotatable bonds is 6. The molecular weight excluding hydrogens is 386 g/mol. The molecule has 1 aromatic rings. The highest BCUT2D eigenvalue weighted by atomic mass is 79.9. The van der Waals surface area contributed by atoms with Gasteiger partial charge < -0.3 is 10.1 Å². The largest absolute Gasteiger partial charge is 0.444 e. The molecule has 6 nitrogen and oxygen atoms in total. The third kappa shape index (κ3) is 8.92. The zero-order valence-electron chi connectivity index (χ0n) is 13.6. The number of benzene rings is 1. The second-order valence-corrected chi connectivity index (χ2v) is 8.62. The molecule has 0 aromatic heterocycles. The third-order valence-corrected chi connectivity index (χ3v) is 3.79. The van der Waals surface area contributed by atoms with Gasteiger partial charge in [-0.05, 0) is 44.9 Å². The number of carbonyl (C=O) groups excluding carboxylic acids is 1. The van der Waals surface area contributed by atoms with Crippen LogP contribution in [0.3, 0.4) is 0 Å². The monoisotopic (exact) mass is 407 g/mol. The molecule has 0 saturated carbocycles. The first-order valence-electron chi connectivity index (χ1n) is 7.06. The Labute approximate surface area is 145 Å². The van der Waals surface area contributed by atoms with E-state index in [0.29, 0.717) is 6.42 Å². The van der Waals surface area contributed by atoms with Crippen LogP contribution in [0.15, 0.2) is 28.7 Å². The zero-order valence-corrected chi connectivity index (χ0v) is 16.0. The van der Waals surface area contributed by atoms with Gasteiger partial charge in [-0.2, -0.15) is 8.42 Å². The van der Waals surface area contributed by atoms with Gasteiger partial charge in [0, 0.05) is 4.47 Å². The van der Waals surface area contributed by atoms with Gasteiger partial charge in [0.1, 0.15) is 5.60 Å². The summed E-state index contributed by atoms with van der Waals surface area (Å²) in [5.74, 6) is 0. The van der Waals surface area contributed by atoms with Gasteiger partial charge in [0.05, 0.1) is 18.9 Å². The minimum atomic E-state index is -3.52. The number of carbonyl (C=O) groups is 1. The van der Waals surface area contributed by atoms with E-state index in [0.717, 1.165) is 16.3 Å². The second-order valence-electron chi connectivity index (χ2n) is 6.07. The topological polar surface area (TPSA) is 81.7 Å². The Morgan fingerprint density at radius 2 is 1.83 bits per heavy atom. The summed E-state index contributed by atoms with van der Waals surface area (Å²) in [7, 11) is -3.52. The Kier molecular flexibility index (Phi) is 7.03. The van der Waals surface area contributed by atoms with Crippen molar-refractivity contribution in [3.63, 3.8) is 0 Å². The number of alkyl carbamates (subject to hydrolysis) is 1. The number of amides is 1. The Balaban J connectivity index is 2.79. The molecule has 1 aromatic carbocycles. The lowest BCUT2D eigenvalue weighted by Crippen LogP contribution is -2.35. The van der Waals surface area contributed by atoms with Crippen molar-refractivity contribution in [1.82, 2.24) is 5.32 Å². The molecule has 0 heterocycles. The average molecular weight is 408 g/mol. The Morgan fingerprint density at radius 1 is 1.26 bits per heavy atom. The van der Waals surface area contributed by atoms with E-state index < -0.39 is 27.9 Å². The van der Waals surface area contributed by atoms with Crippen molar-refractivity contribution in [3.05, 3.63) is 34.3 Å². The maximum atomic E-state index is 12.0. The van der Waals surface area contributed by atoms with Crippen LogP contribution >= 0.6 is 15.9 Å². The fourth-order valence-electron chi connectivity index (χ4n) is 1.78. The average Bonchev–Trinajstić information content (AvgIpc) is 2.34. The van der Waals surface area contributed by atoms with Crippen molar-refractivity contribution in [2.45, 2.75) is 38.8 Å². The fraction of sp³-hybridized carbons (Fsp3) is 0.533. The Bertz CT molecular complexity index is 622. The van der Waals surface area contributed by atoms with Crippen LogP contribution in [-0.4, -0.2) is 33.0 Å². The lowest BCUT2D eigenvalue weighted by molar-refractivity contribution is 0.0498. The quantitative estimate of drug-likeness (QED) is 0.730. The molecule has 0 aliphatic carbocycles. The summed E-state index contributed by atoms with van der Waals surface area (Å²) in [6, 6.07) is 6.95. The van der Waals surface area contributed by atoms with Crippen LogP contribution in [0.25, 0.3) is 0 Å². The van der Waals surface area contributed by atoms with E-state index in [4.69, 9.17) is 8.92 Å². The molecular formula is C15H22BrNO5S. The summed E-state index contributed by atoms with van der Waals surface area (Å²) in [6.45, 7) is 5.28. The highest BCUT2D eigenvalue weighted by molar-refractivity contribution is 9.10. The van der Waals surface area contributed by atoms with Crippen LogP contribution in [0.4, 0.5) is 4.79 Å². The highest BCUT2D eigenvalue weighted by Gasteiger charge is 2.21. The standard InChI is InChI=1S/C15H22BrNO5S/c1-15(2,3)22-14(18)17-13(9-10-21-23(4,19)20)11-5-7-12(16)8-6-11/h5-8,13H,9-10H2,1-4H3,(H,17,18)/t13-/m1/s1. The highest BCUT2D eigenvalue weighted by Crippen LogP contribution is 2.21. The molecule has 0 unspecified atom stereocenters. The third-order valence-electron chi connectivity index (χ3n) is 2.67. The molecule has 0 aliphatic heterocycles. The minimum Gasteiger partial charge on any atom is -0.444 e. The van der Waals surface area contributed by atoms with E-state index in [1.165, 1.54) is 0 Å². The van der Waals surface area contributed by atoms with Gasteiger partial charge in [-0.15, -0.1) is 0 Å². The van der Waals surface area contributed by atoms with Gasteiger partial charge in [0.15, 0.2) is 0 Å². The van der Waals surface area contributed by atoms with Crippen LogP contribution < -0.4 is 5.32 Å². The van der Waals surface area contributed by atoms with E-state index in [1.807, 2.05) is 24.3 Å². The maximum Gasteiger partial charge on any atom is 0.408 e. The minimum absolute atomic E-state index is 0.0324. The Hall–Kier alpha value is -1.12. The summed E-state index contributed by atoms with van der Waals surface area (Å²) in [4.78, 5) is 12.0. The van der Waals surface area contributed by atoms with Crippen molar-refractivity contribution < 1.29 is 22.1 Å². The van der Waals surface area contributed by atoms with E-state index in [-0.39, 0.29) is 6.61 Å². The van der Waals surface area contributed by atoms with Crippen LogP contribution in [0.2, 0.25) is 0 Å². The van der Waals surface area contributed by atoms with Crippen LogP contribution in [0.1, 0.15) is 38.8 Å². The van der Waals surface area contributed by atoms with Crippen molar-refractivity contribution >= 4 is 32.1 Å². The summed E-state index contributed by atoms with van der Waals surface area (Å²) < 4.78 is 33.0. The van der Waals surface area contributed by atoms with E-state index in [1.54, 1.807) is 20.8 Å². The number of ether oxygens (including phenoxy) is 1. The smallest absolute Gasteiger partial charge is 0.408 e. The first-order chi connectivity index (χ1) is 10.5. The van der Waals surface area contributed by atoms with Gasteiger partial charge in [0.25, 0.3) is 10.1 Å². The first-order valence-corrected chi connectivity index (χ1v) is 9.66. The van der Waals surface area contributed by atoms with Crippen LogP contribution in [-0.2, 0) is 19.0 Å². The normalized spacial score (nSPS) is 13.4. The van der Waals surface area contributed by atoms with Gasteiger partial charge in [-0.3, -0.25) is 4.18 Å². The summed E-state index contributed by atoms with van der Waals surface area (Å²) in [5, 5.41) is 2.74. The predicted molar refractivity (Wildman–Crippen MR) is 91.7 cm³/mol. The molecule has 23 heavy (non-hydrogen) atoms. The van der Waals surface area contributed by atoms with E-state index >= 15 is 0 Å². The summed E-state index contributed by atoms with van der Waals surface area (Å²) in [5.41, 5.74) is 0.216. The SMILES string of the molecule is CC(C)(C)OC(=O)N[C@H](CCOS(C)(=O)=O)c1ccc(Br)cc1. The molecule has 130 valence electrons. The molecule has 0 fully saturated rings. The van der Waals surface area contributed by atoms with Gasteiger partial charge in [0.2, 0.25) is 0 Å². The first kappa shape index (κ1) is 19.9. The lowest BCUT2D eigenvalue weighted by Gasteiger charge is -2.24. The van der Waals surface area contributed by atoms with Crippen molar-refractivity contribution in [3.8, 4) is 0 Å². The van der Waals surface area contributed by atoms with Gasteiger partial charge >= 0.3 is 6.09 Å². The Morgan fingerprint density at radius 3 is 2.30 bits per heavy atom. The van der Waals surface area contributed by atoms with E-state index in [9.17, 15) is 13.2 Å². The van der Waals surface area contributed by atoms with Crippen molar-refractivity contribution in [2.24, 2.45) is 0 Å². The molecule has 0 spiro atoms. The van der Waals surface area contributed by atoms with E-state index in [2.05, 4.69) is 21.2 Å². The molecule has 1 rings (SSSR count). The predicted octanol–water partition coefficient (Wildman–Crippen LogP) is 3.38. The summed E-state index contributed by atoms with van der Waals surface area (Å²) >= 11 is 3.35. The fourth-order valence-corrected chi connectivity index (χ4v) is 2.45. The molecule has 0 bridgehead atoms. The zero-order chi connectivity index (χ0) is 17.7. The molecule has 1 atom stereocenters. The molecule has 0 saturated heterocycles. The van der Waals surface area contributed by atoms with Crippen molar-refractivity contribution in [1.29, 1.82) is 0 Å². The van der Waals surface area contributed by atoms with Crippen LogP contribution in [0, 0.1) is 0 Å².